The van der Waals surface area contributed by atoms with Crippen molar-refractivity contribution in [2.24, 2.45) is 0 Å². The van der Waals surface area contributed by atoms with Gasteiger partial charge in [-0.25, -0.2) is 8.78 Å². The van der Waals surface area contributed by atoms with Crippen LogP contribution in [0.5, 0.6) is 0 Å². The number of amides is 2. The van der Waals surface area contributed by atoms with Crippen molar-refractivity contribution in [1.29, 1.82) is 0 Å². The van der Waals surface area contributed by atoms with Crippen LogP contribution in [0.4, 0.5) is 8.78 Å². The molecule has 18 heavy (non-hydrogen) atoms. The molecular formula is C13H13F2NO2. The van der Waals surface area contributed by atoms with E-state index in [0.717, 1.165) is 6.07 Å². The van der Waals surface area contributed by atoms with Crippen LogP contribution in [0.2, 0.25) is 0 Å². The predicted octanol–water partition coefficient (Wildman–Crippen LogP) is 2.05. The third kappa shape index (κ3) is 2.91. The molecule has 1 aliphatic heterocycles. The average Bonchev–Trinajstić information content (AvgIpc) is 2.71. The van der Waals surface area contributed by atoms with Crippen molar-refractivity contribution in [3.8, 4) is 0 Å². The number of hydrogen-bond donors (Lipinski definition) is 0. The van der Waals surface area contributed by atoms with Crippen molar-refractivity contribution in [2.75, 3.05) is 6.54 Å². The lowest BCUT2D eigenvalue weighted by molar-refractivity contribution is -0.141. The van der Waals surface area contributed by atoms with E-state index in [0.29, 0.717) is 24.9 Å². The van der Waals surface area contributed by atoms with E-state index in [-0.39, 0.29) is 24.7 Å². The SMILES string of the molecule is O=C1CCCN1C(=O)CCc1cc(F)cc(F)c1. The fraction of sp³-hybridized carbons (Fsp3) is 0.385. The molecule has 0 spiro atoms. The summed E-state index contributed by atoms with van der Waals surface area (Å²) in [4.78, 5) is 24.3. The maximum Gasteiger partial charge on any atom is 0.229 e. The van der Waals surface area contributed by atoms with Crippen molar-refractivity contribution >= 4 is 11.8 Å². The maximum absolute atomic E-state index is 12.9. The number of carbonyl (C=O) groups excluding carboxylic acids is 2. The van der Waals surface area contributed by atoms with E-state index >= 15 is 0 Å². The van der Waals surface area contributed by atoms with Gasteiger partial charge in [0.2, 0.25) is 11.8 Å². The molecule has 1 aromatic carbocycles. The summed E-state index contributed by atoms with van der Waals surface area (Å²) >= 11 is 0. The zero-order chi connectivity index (χ0) is 13.1. The number of carbonyl (C=O) groups is 2. The van der Waals surface area contributed by atoms with E-state index in [1.54, 1.807) is 0 Å². The zero-order valence-corrected chi connectivity index (χ0v) is 9.79. The minimum absolute atomic E-state index is 0.0919. The summed E-state index contributed by atoms with van der Waals surface area (Å²) in [6, 6.07) is 3.18. The molecule has 0 aliphatic carbocycles. The number of benzene rings is 1. The van der Waals surface area contributed by atoms with Crippen LogP contribution in [0.25, 0.3) is 0 Å². The molecule has 0 radical (unpaired) electrons. The van der Waals surface area contributed by atoms with Gasteiger partial charge in [0.1, 0.15) is 11.6 Å². The van der Waals surface area contributed by atoms with Gasteiger partial charge in [-0.3, -0.25) is 14.5 Å². The second-order valence-corrected chi connectivity index (χ2v) is 4.32. The first-order valence-electron chi connectivity index (χ1n) is 5.84. The lowest BCUT2D eigenvalue weighted by Gasteiger charge is -2.13. The Morgan fingerprint density at radius 2 is 1.89 bits per heavy atom. The first-order chi connectivity index (χ1) is 8.56. The molecule has 1 fully saturated rings. The van der Waals surface area contributed by atoms with Crippen molar-refractivity contribution < 1.29 is 18.4 Å². The molecule has 1 aromatic rings. The summed E-state index contributed by atoms with van der Waals surface area (Å²) in [6.07, 6.45) is 1.42. The van der Waals surface area contributed by atoms with Gasteiger partial charge in [0, 0.05) is 25.5 Å². The highest BCUT2D eigenvalue weighted by atomic mass is 19.1. The Labute approximate surface area is 103 Å². The Morgan fingerprint density at radius 1 is 1.22 bits per heavy atom. The van der Waals surface area contributed by atoms with Gasteiger partial charge in [-0.15, -0.1) is 0 Å². The van der Waals surface area contributed by atoms with E-state index in [1.165, 1.54) is 17.0 Å². The topological polar surface area (TPSA) is 37.4 Å². The zero-order valence-electron chi connectivity index (χ0n) is 9.79. The molecule has 1 aliphatic rings. The molecule has 0 saturated carbocycles. The Kier molecular flexibility index (Phi) is 3.69. The fourth-order valence-corrected chi connectivity index (χ4v) is 2.05. The highest BCUT2D eigenvalue weighted by Gasteiger charge is 2.25. The van der Waals surface area contributed by atoms with Crippen LogP contribution in [-0.2, 0) is 16.0 Å². The number of likely N-dealkylation sites (tertiary alicyclic amines) is 1. The molecule has 1 saturated heterocycles. The van der Waals surface area contributed by atoms with Crippen molar-refractivity contribution in [3.05, 3.63) is 35.4 Å². The molecule has 3 nitrogen and oxygen atoms in total. The first kappa shape index (κ1) is 12.7. The number of rotatable bonds is 3. The molecule has 0 bridgehead atoms. The van der Waals surface area contributed by atoms with Gasteiger partial charge < -0.3 is 0 Å². The Balaban J connectivity index is 1.95. The quantitative estimate of drug-likeness (QED) is 0.826. The van der Waals surface area contributed by atoms with Gasteiger partial charge >= 0.3 is 0 Å². The molecule has 2 rings (SSSR count). The van der Waals surface area contributed by atoms with Gasteiger partial charge in [0.15, 0.2) is 0 Å². The Hall–Kier alpha value is -1.78. The smallest absolute Gasteiger partial charge is 0.229 e. The molecule has 5 heteroatoms. The van der Waals surface area contributed by atoms with Gasteiger partial charge in [-0.1, -0.05) is 0 Å². The van der Waals surface area contributed by atoms with Crippen LogP contribution in [-0.4, -0.2) is 23.3 Å². The lowest BCUT2D eigenvalue weighted by Crippen LogP contribution is -2.31. The molecule has 96 valence electrons. The second kappa shape index (κ2) is 5.25. The van der Waals surface area contributed by atoms with Crippen LogP contribution >= 0.6 is 0 Å². The number of imide groups is 1. The van der Waals surface area contributed by atoms with Gasteiger partial charge in [0.25, 0.3) is 0 Å². The van der Waals surface area contributed by atoms with E-state index in [9.17, 15) is 18.4 Å². The van der Waals surface area contributed by atoms with E-state index in [4.69, 9.17) is 0 Å². The number of hydrogen-bond acceptors (Lipinski definition) is 2. The normalized spacial score (nSPS) is 15.2. The van der Waals surface area contributed by atoms with Crippen molar-refractivity contribution in [3.63, 3.8) is 0 Å². The molecule has 1 heterocycles. The highest BCUT2D eigenvalue weighted by Crippen LogP contribution is 2.14. The summed E-state index contributed by atoms with van der Waals surface area (Å²) in [7, 11) is 0. The minimum atomic E-state index is -0.658. The van der Waals surface area contributed by atoms with Gasteiger partial charge in [-0.2, -0.15) is 0 Å². The van der Waals surface area contributed by atoms with E-state index in [1.807, 2.05) is 0 Å². The van der Waals surface area contributed by atoms with E-state index < -0.39 is 11.6 Å². The first-order valence-corrected chi connectivity index (χ1v) is 5.84. The largest absolute Gasteiger partial charge is 0.283 e. The van der Waals surface area contributed by atoms with Crippen LogP contribution in [0.1, 0.15) is 24.8 Å². The highest BCUT2D eigenvalue weighted by molar-refractivity contribution is 5.96. The number of halogens is 2. The molecule has 0 N–H and O–H groups in total. The van der Waals surface area contributed by atoms with Crippen molar-refractivity contribution in [1.82, 2.24) is 4.90 Å². The predicted molar refractivity (Wildman–Crippen MR) is 60.6 cm³/mol. The second-order valence-electron chi connectivity index (χ2n) is 4.32. The minimum Gasteiger partial charge on any atom is -0.283 e. The van der Waals surface area contributed by atoms with Crippen LogP contribution in [0.15, 0.2) is 18.2 Å². The summed E-state index contributed by atoms with van der Waals surface area (Å²) < 4.78 is 25.9. The Bertz CT molecular complexity index is 468. The van der Waals surface area contributed by atoms with Crippen molar-refractivity contribution in [2.45, 2.75) is 25.7 Å². The van der Waals surface area contributed by atoms with Gasteiger partial charge in [-0.05, 0) is 30.5 Å². The molecular weight excluding hydrogens is 240 g/mol. The maximum atomic E-state index is 12.9. The number of aryl methyl sites for hydroxylation is 1. The van der Waals surface area contributed by atoms with Gasteiger partial charge in [0.05, 0.1) is 0 Å². The third-order valence-electron chi connectivity index (χ3n) is 2.92. The van der Waals surface area contributed by atoms with E-state index in [2.05, 4.69) is 0 Å². The summed E-state index contributed by atoms with van der Waals surface area (Å²) in [6.45, 7) is 0.454. The van der Waals surface area contributed by atoms with Crippen LogP contribution in [0.3, 0.4) is 0 Å². The molecule has 0 unspecified atom stereocenters. The molecule has 0 aromatic heterocycles. The molecule has 2 amide bonds. The summed E-state index contributed by atoms with van der Waals surface area (Å²) in [5.41, 5.74) is 0.424. The number of nitrogens with zero attached hydrogens (tertiary/aromatic N) is 1. The summed E-state index contributed by atoms with van der Waals surface area (Å²) in [5, 5.41) is 0. The molecule has 0 atom stereocenters. The lowest BCUT2D eigenvalue weighted by atomic mass is 10.1. The third-order valence-corrected chi connectivity index (χ3v) is 2.92. The Morgan fingerprint density at radius 3 is 2.44 bits per heavy atom. The fourth-order valence-electron chi connectivity index (χ4n) is 2.05. The summed E-state index contributed by atoms with van der Waals surface area (Å²) in [5.74, 6) is -1.75. The monoisotopic (exact) mass is 253 g/mol. The average molecular weight is 253 g/mol. The van der Waals surface area contributed by atoms with Crippen LogP contribution < -0.4 is 0 Å². The standard InChI is InChI=1S/C13H13F2NO2/c14-10-6-9(7-11(15)8-10)3-4-13(18)16-5-1-2-12(16)17/h6-8H,1-5H2. The van der Waals surface area contributed by atoms with Crippen LogP contribution in [0, 0.1) is 11.6 Å².